The standard InChI is InChI=1S/C25H29FN2O3/c26-21-9-5-4-8-20(21)24(30)27-16-25(17-27)23(19-6-2-1-3-7-19)22(15-29)28(25)14-18-10-12-31-13-11-18/h1-9,18,22-23,29H,10-17H2/t22-,23+/m1/s1. The van der Waals surface area contributed by atoms with Gasteiger partial charge >= 0.3 is 0 Å². The third-order valence-corrected chi connectivity index (χ3v) is 7.40. The lowest BCUT2D eigenvalue weighted by Gasteiger charge is -2.71. The number of benzene rings is 2. The SMILES string of the molecule is O=C(c1ccccc1F)N1CC2(C1)[C@@H](c1ccccc1)[C@@H](CO)N2CC1CCOCC1. The lowest BCUT2D eigenvalue weighted by molar-refractivity contribution is -0.186. The minimum absolute atomic E-state index is 0.0379. The highest BCUT2D eigenvalue weighted by atomic mass is 19.1. The number of ether oxygens (including phenoxy) is 1. The summed E-state index contributed by atoms with van der Waals surface area (Å²) in [4.78, 5) is 17.1. The van der Waals surface area contributed by atoms with Gasteiger partial charge in [-0.25, -0.2) is 4.39 Å². The molecule has 0 saturated carbocycles. The molecule has 3 aliphatic rings. The van der Waals surface area contributed by atoms with E-state index in [0.717, 1.165) is 32.6 Å². The van der Waals surface area contributed by atoms with Gasteiger partial charge in [-0.1, -0.05) is 42.5 Å². The van der Waals surface area contributed by atoms with Crippen LogP contribution in [-0.4, -0.2) is 71.8 Å². The Kier molecular flexibility index (Phi) is 5.54. The number of nitrogens with zero attached hydrogens (tertiary/aromatic N) is 2. The third kappa shape index (κ3) is 3.47. The average Bonchev–Trinajstić information content (AvgIpc) is 2.77. The molecule has 2 atom stereocenters. The molecule has 0 aliphatic carbocycles. The average molecular weight is 425 g/mol. The van der Waals surface area contributed by atoms with Crippen LogP contribution in [0.2, 0.25) is 0 Å². The van der Waals surface area contributed by atoms with E-state index >= 15 is 0 Å². The van der Waals surface area contributed by atoms with Gasteiger partial charge in [0.1, 0.15) is 5.82 Å². The number of likely N-dealkylation sites (tertiary alicyclic amines) is 2. The van der Waals surface area contributed by atoms with Crippen molar-refractivity contribution in [1.29, 1.82) is 0 Å². The van der Waals surface area contributed by atoms with Crippen LogP contribution in [0.4, 0.5) is 4.39 Å². The summed E-state index contributed by atoms with van der Waals surface area (Å²) in [7, 11) is 0. The van der Waals surface area contributed by atoms with E-state index in [2.05, 4.69) is 17.0 Å². The van der Waals surface area contributed by atoms with Gasteiger partial charge in [0.25, 0.3) is 5.91 Å². The minimum Gasteiger partial charge on any atom is -0.395 e. The zero-order valence-corrected chi connectivity index (χ0v) is 17.6. The van der Waals surface area contributed by atoms with Gasteiger partial charge in [-0.3, -0.25) is 9.69 Å². The molecule has 3 fully saturated rings. The number of rotatable bonds is 5. The largest absolute Gasteiger partial charge is 0.395 e. The van der Waals surface area contributed by atoms with Gasteiger partial charge in [-0.2, -0.15) is 0 Å². The lowest BCUT2D eigenvalue weighted by atomic mass is 9.60. The summed E-state index contributed by atoms with van der Waals surface area (Å²) in [6, 6.07) is 16.5. The lowest BCUT2D eigenvalue weighted by Crippen LogP contribution is -2.85. The monoisotopic (exact) mass is 424 g/mol. The maximum Gasteiger partial charge on any atom is 0.256 e. The van der Waals surface area contributed by atoms with Crippen LogP contribution in [0.5, 0.6) is 0 Å². The Hall–Kier alpha value is -2.28. The Morgan fingerprint density at radius 3 is 2.42 bits per heavy atom. The molecule has 0 aromatic heterocycles. The number of aliphatic hydroxyl groups is 1. The molecular formula is C25H29FN2O3. The number of aliphatic hydroxyl groups excluding tert-OH is 1. The number of amides is 1. The summed E-state index contributed by atoms with van der Waals surface area (Å²) in [6.07, 6.45) is 2.05. The maximum absolute atomic E-state index is 14.2. The van der Waals surface area contributed by atoms with Gasteiger partial charge < -0.3 is 14.7 Å². The molecule has 0 bridgehead atoms. The van der Waals surface area contributed by atoms with Crippen LogP contribution in [-0.2, 0) is 4.74 Å². The first-order chi connectivity index (χ1) is 15.1. The number of carbonyl (C=O) groups is 1. The summed E-state index contributed by atoms with van der Waals surface area (Å²) < 4.78 is 19.7. The molecule has 2 aromatic rings. The van der Waals surface area contributed by atoms with Crippen LogP contribution in [0.25, 0.3) is 0 Å². The van der Waals surface area contributed by atoms with E-state index in [0.29, 0.717) is 19.0 Å². The second kappa shape index (κ2) is 8.34. The van der Waals surface area contributed by atoms with E-state index in [1.54, 1.807) is 23.1 Å². The highest BCUT2D eigenvalue weighted by Gasteiger charge is 2.66. The predicted octanol–water partition coefficient (Wildman–Crippen LogP) is 2.91. The van der Waals surface area contributed by atoms with Crippen LogP contribution in [0.1, 0.15) is 34.7 Å². The van der Waals surface area contributed by atoms with Gasteiger partial charge in [0.05, 0.1) is 17.7 Å². The van der Waals surface area contributed by atoms with Crippen molar-refractivity contribution in [2.75, 3.05) is 39.5 Å². The van der Waals surface area contributed by atoms with Crippen molar-refractivity contribution >= 4 is 5.91 Å². The first-order valence-corrected chi connectivity index (χ1v) is 11.2. The molecule has 3 aliphatic heterocycles. The molecule has 6 heteroatoms. The second-order valence-electron chi connectivity index (χ2n) is 9.09. The van der Waals surface area contributed by atoms with Gasteiger partial charge in [0.15, 0.2) is 0 Å². The zero-order valence-electron chi connectivity index (χ0n) is 17.6. The number of hydrogen-bond acceptors (Lipinski definition) is 4. The Morgan fingerprint density at radius 2 is 1.74 bits per heavy atom. The Labute approximate surface area is 182 Å². The smallest absolute Gasteiger partial charge is 0.256 e. The van der Waals surface area contributed by atoms with Gasteiger partial charge in [-0.15, -0.1) is 0 Å². The molecule has 2 aromatic carbocycles. The number of carbonyl (C=O) groups excluding carboxylic acids is 1. The maximum atomic E-state index is 14.2. The van der Waals surface area contributed by atoms with E-state index in [9.17, 15) is 14.3 Å². The van der Waals surface area contributed by atoms with Gasteiger partial charge in [0.2, 0.25) is 0 Å². The predicted molar refractivity (Wildman–Crippen MR) is 115 cm³/mol. The summed E-state index contributed by atoms with van der Waals surface area (Å²) in [6.45, 7) is 3.68. The first kappa shape index (κ1) is 20.6. The summed E-state index contributed by atoms with van der Waals surface area (Å²) in [5.41, 5.74) is 1.12. The van der Waals surface area contributed by atoms with E-state index in [1.807, 2.05) is 18.2 Å². The molecule has 1 N–H and O–H groups in total. The van der Waals surface area contributed by atoms with Crippen molar-refractivity contribution < 1.29 is 19.0 Å². The molecular weight excluding hydrogens is 395 g/mol. The molecule has 0 unspecified atom stereocenters. The van der Waals surface area contributed by atoms with E-state index < -0.39 is 5.82 Å². The highest BCUT2D eigenvalue weighted by Crippen LogP contribution is 2.54. The zero-order chi connectivity index (χ0) is 21.4. The quantitative estimate of drug-likeness (QED) is 0.802. The van der Waals surface area contributed by atoms with E-state index in [1.165, 1.54) is 11.6 Å². The van der Waals surface area contributed by atoms with Crippen LogP contribution < -0.4 is 0 Å². The van der Waals surface area contributed by atoms with Gasteiger partial charge in [-0.05, 0) is 36.5 Å². The van der Waals surface area contributed by atoms with Crippen molar-refractivity contribution in [1.82, 2.24) is 9.80 Å². The molecule has 3 saturated heterocycles. The van der Waals surface area contributed by atoms with Crippen molar-refractivity contribution in [2.45, 2.75) is 30.3 Å². The number of hydrogen-bond donors (Lipinski definition) is 1. The Morgan fingerprint density at radius 1 is 1.06 bits per heavy atom. The normalized spacial score (nSPS) is 25.8. The summed E-state index contributed by atoms with van der Waals surface area (Å²) in [5, 5.41) is 10.3. The molecule has 5 rings (SSSR count). The van der Waals surface area contributed by atoms with Crippen LogP contribution in [0, 0.1) is 11.7 Å². The molecule has 1 amide bonds. The molecule has 31 heavy (non-hydrogen) atoms. The summed E-state index contributed by atoms with van der Waals surface area (Å²) in [5.74, 6) is -0.0427. The second-order valence-corrected chi connectivity index (χ2v) is 9.09. The van der Waals surface area contributed by atoms with E-state index in [-0.39, 0.29) is 35.6 Å². The molecule has 1 spiro atoms. The minimum atomic E-state index is -0.478. The number of halogens is 1. The topological polar surface area (TPSA) is 53.0 Å². The van der Waals surface area contributed by atoms with Crippen molar-refractivity contribution in [2.24, 2.45) is 5.92 Å². The first-order valence-electron chi connectivity index (χ1n) is 11.2. The Bertz CT molecular complexity index is 925. The van der Waals surface area contributed by atoms with E-state index in [4.69, 9.17) is 4.74 Å². The van der Waals surface area contributed by atoms with Crippen LogP contribution in [0.15, 0.2) is 54.6 Å². The molecule has 5 nitrogen and oxygen atoms in total. The summed E-state index contributed by atoms with van der Waals surface area (Å²) >= 11 is 0. The van der Waals surface area contributed by atoms with Crippen LogP contribution >= 0.6 is 0 Å². The third-order valence-electron chi connectivity index (χ3n) is 7.40. The van der Waals surface area contributed by atoms with Crippen molar-refractivity contribution in [3.8, 4) is 0 Å². The molecule has 3 heterocycles. The molecule has 164 valence electrons. The highest BCUT2D eigenvalue weighted by molar-refractivity contribution is 5.95. The fraction of sp³-hybridized carbons (Fsp3) is 0.480. The van der Waals surface area contributed by atoms with Crippen molar-refractivity contribution in [3.63, 3.8) is 0 Å². The fourth-order valence-electron chi connectivity index (χ4n) is 5.83. The molecule has 0 radical (unpaired) electrons. The van der Waals surface area contributed by atoms with Gasteiger partial charge in [0, 0.05) is 44.8 Å². The van der Waals surface area contributed by atoms with Crippen LogP contribution in [0.3, 0.4) is 0 Å². The Balaban J connectivity index is 1.40. The fourth-order valence-corrected chi connectivity index (χ4v) is 5.83. The van der Waals surface area contributed by atoms with Crippen molar-refractivity contribution in [3.05, 3.63) is 71.5 Å².